The highest BCUT2D eigenvalue weighted by molar-refractivity contribution is 5.72. The van der Waals surface area contributed by atoms with Crippen LogP contribution in [0, 0.1) is 5.92 Å². The van der Waals surface area contributed by atoms with E-state index >= 15 is 0 Å². The van der Waals surface area contributed by atoms with Crippen molar-refractivity contribution in [2.45, 2.75) is 96.1 Å². The fraction of sp³-hybridized carbons (Fsp3) is 0.941. The van der Waals surface area contributed by atoms with E-state index in [1.54, 1.807) is 0 Å². The maximum atomic E-state index is 12.1. The van der Waals surface area contributed by atoms with Crippen molar-refractivity contribution in [1.29, 1.82) is 0 Å². The van der Waals surface area contributed by atoms with E-state index in [2.05, 4.69) is 0 Å². The van der Waals surface area contributed by atoms with E-state index in [0.29, 0.717) is 6.10 Å². The zero-order chi connectivity index (χ0) is 15.5. The van der Waals surface area contributed by atoms with Gasteiger partial charge in [-0.25, -0.2) is 0 Å². The quantitative estimate of drug-likeness (QED) is 0.813. The van der Waals surface area contributed by atoms with Gasteiger partial charge < -0.3 is 14.6 Å². The average Bonchev–Trinajstić information content (AvgIpc) is 2.40. The molecule has 0 aliphatic heterocycles. The topological polar surface area (TPSA) is 55.8 Å². The maximum Gasteiger partial charge on any atom is 0.309 e. The van der Waals surface area contributed by atoms with E-state index in [-0.39, 0.29) is 24.1 Å². The number of hydrogen-bond donors (Lipinski definition) is 1. The van der Waals surface area contributed by atoms with Gasteiger partial charge in [0.25, 0.3) is 0 Å². The van der Waals surface area contributed by atoms with Crippen molar-refractivity contribution in [3.05, 3.63) is 0 Å². The molecule has 122 valence electrons. The number of rotatable bonds is 3. The zero-order valence-corrected chi connectivity index (χ0v) is 13.6. The molecule has 0 saturated heterocycles. The molecule has 0 aromatic carbocycles. The zero-order valence-electron chi connectivity index (χ0n) is 13.6. The first-order valence-electron chi connectivity index (χ1n) is 8.40. The van der Waals surface area contributed by atoms with Crippen LogP contribution in [-0.4, -0.2) is 35.0 Å². The highest BCUT2D eigenvalue weighted by atomic mass is 16.6. The van der Waals surface area contributed by atoms with Crippen LogP contribution in [-0.2, 0) is 14.3 Å². The van der Waals surface area contributed by atoms with Gasteiger partial charge in [-0.3, -0.25) is 4.79 Å². The molecule has 2 aliphatic carbocycles. The molecule has 1 N–H and O–H groups in total. The van der Waals surface area contributed by atoms with Crippen LogP contribution in [0.4, 0.5) is 0 Å². The lowest BCUT2D eigenvalue weighted by Gasteiger charge is -2.33. The van der Waals surface area contributed by atoms with E-state index in [1.165, 1.54) is 0 Å². The number of aliphatic hydroxyl groups excluding tert-OH is 1. The van der Waals surface area contributed by atoms with Crippen LogP contribution in [0.25, 0.3) is 0 Å². The van der Waals surface area contributed by atoms with Gasteiger partial charge in [0.15, 0.2) is 0 Å². The molecule has 4 heteroatoms. The lowest BCUT2D eigenvalue weighted by molar-refractivity contribution is -0.162. The second-order valence-corrected chi connectivity index (χ2v) is 7.57. The van der Waals surface area contributed by atoms with Crippen molar-refractivity contribution in [2.24, 2.45) is 5.92 Å². The summed E-state index contributed by atoms with van der Waals surface area (Å²) in [5.41, 5.74) is -0.395. The van der Waals surface area contributed by atoms with Gasteiger partial charge in [-0.2, -0.15) is 0 Å². The summed E-state index contributed by atoms with van der Waals surface area (Å²) < 4.78 is 11.6. The third kappa shape index (κ3) is 5.59. The lowest BCUT2D eigenvalue weighted by atomic mass is 9.86. The highest BCUT2D eigenvalue weighted by Gasteiger charge is 2.31. The molecule has 0 heterocycles. The van der Waals surface area contributed by atoms with Crippen molar-refractivity contribution in [3.63, 3.8) is 0 Å². The summed E-state index contributed by atoms with van der Waals surface area (Å²) in [6, 6.07) is 0. The Morgan fingerprint density at radius 3 is 1.86 bits per heavy atom. The number of hydrogen-bond acceptors (Lipinski definition) is 4. The van der Waals surface area contributed by atoms with E-state index in [9.17, 15) is 9.90 Å². The minimum absolute atomic E-state index is 0.0391. The van der Waals surface area contributed by atoms with Gasteiger partial charge in [0.05, 0.1) is 24.2 Å². The first-order chi connectivity index (χ1) is 9.83. The Kier molecular flexibility index (Phi) is 5.67. The first-order valence-corrected chi connectivity index (χ1v) is 8.40. The molecule has 2 rings (SSSR count). The standard InChI is InChI=1S/C17H30O4/c1-17(2,3)21-16(19)12-4-8-14(9-5-12)20-15-10-6-13(18)7-11-15/h12-15,18H,4-11H2,1-3H3. The van der Waals surface area contributed by atoms with Gasteiger partial charge >= 0.3 is 5.97 Å². The van der Waals surface area contributed by atoms with Crippen molar-refractivity contribution >= 4 is 5.97 Å². The molecule has 0 aromatic heterocycles. The van der Waals surface area contributed by atoms with Gasteiger partial charge in [-0.1, -0.05) is 0 Å². The fourth-order valence-electron chi connectivity index (χ4n) is 3.27. The molecule has 2 saturated carbocycles. The second kappa shape index (κ2) is 7.10. The van der Waals surface area contributed by atoms with Crippen LogP contribution in [0.3, 0.4) is 0 Å². The minimum atomic E-state index is -0.395. The first kappa shape index (κ1) is 16.8. The Balaban J connectivity index is 1.69. The molecule has 2 fully saturated rings. The summed E-state index contributed by atoms with van der Waals surface area (Å²) in [5.74, 6) is -0.0148. The van der Waals surface area contributed by atoms with Gasteiger partial charge in [-0.05, 0) is 72.1 Å². The van der Waals surface area contributed by atoms with Gasteiger partial charge in [0, 0.05) is 0 Å². The van der Waals surface area contributed by atoms with Crippen molar-refractivity contribution in [1.82, 2.24) is 0 Å². The molecular formula is C17H30O4. The molecule has 0 atom stereocenters. The molecule has 4 nitrogen and oxygen atoms in total. The summed E-state index contributed by atoms with van der Waals surface area (Å²) in [7, 11) is 0. The molecular weight excluding hydrogens is 268 g/mol. The Labute approximate surface area is 128 Å². The lowest BCUT2D eigenvalue weighted by Crippen LogP contribution is -2.34. The number of ether oxygens (including phenoxy) is 2. The molecule has 0 radical (unpaired) electrons. The summed E-state index contributed by atoms with van der Waals surface area (Å²) >= 11 is 0. The molecule has 0 spiro atoms. The minimum Gasteiger partial charge on any atom is -0.460 e. The van der Waals surface area contributed by atoms with Crippen molar-refractivity contribution in [2.75, 3.05) is 0 Å². The van der Waals surface area contributed by atoms with E-state index in [1.807, 2.05) is 20.8 Å². The van der Waals surface area contributed by atoms with Gasteiger partial charge in [0.1, 0.15) is 5.60 Å². The van der Waals surface area contributed by atoms with E-state index in [0.717, 1.165) is 51.4 Å². The molecule has 0 unspecified atom stereocenters. The average molecular weight is 298 g/mol. The highest BCUT2D eigenvalue weighted by Crippen LogP contribution is 2.31. The smallest absolute Gasteiger partial charge is 0.309 e. The van der Waals surface area contributed by atoms with Crippen LogP contribution in [0.2, 0.25) is 0 Å². The van der Waals surface area contributed by atoms with Crippen LogP contribution < -0.4 is 0 Å². The number of carbonyl (C=O) groups is 1. The summed E-state index contributed by atoms with van der Waals surface area (Å²) in [6.07, 6.45) is 7.74. The van der Waals surface area contributed by atoms with Crippen LogP contribution in [0.1, 0.15) is 72.1 Å². The second-order valence-electron chi connectivity index (χ2n) is 7.57. The molecule has 2 aliphatic rings. The molecule has 0 amide bonds. The van der Waals surface area contributed by atoms with Crippen LogP contribution in [0.5, 0.6) is 0 Å². The monoisotopic (exact) mass is 298 g/mol. The van der Waals surface area contributed by atoms with Crippen molar-refractivity contribution < 1.29 is 19.4 Å². The van der Waals surface area contributed by atoms with Crippen molar-refractivity contribution in [3.8, 4) is 0 Å². The van der Waals surface area contributed by atoms with E-state index < -0.39 is 5.60 Å². The number of aliphatic hydroxyl groups is 1. The third-order valence-corrected chi connectivity index (χ3v) is 4.44. The number of esters is 1. The van der Waals surface area contributed by atoms with Crippen LogP contribution in [0.15, 0.2) is 0 Å². The number of carbonyl (C=O) groups excluding carboxylic acids is 1. The summed E-state index contributed by atoms with van der Waals surface area (Å²) in [6.45, 7) is 5.74. The largest absolute Gasteiger partial charge is 0.460 e. The SMILES string of the molecule is CC(C)(C)OC(=O)C1CCC(OC2CCC(O)CC2)CC1. The van der Waals surface area contributed by atoms with Gasteiger partial charge in [0.2, 0.25) is 0 Å². The molecule has 0 aromatic rings. The normalized spacial score (nSPS) is 34.5. The summed E-state index contributed by atoms with van der Waals surface area (Å²) in [4.78, 5) is 12.1. The Hall–Kier alpha value is -0.610. The Morgan fingerprint density at radius 2 is 1.38 bits per heavy atom. The molecule has 0 bridgehead atoms. The summed E-state index contributed by atoms with van der Waals surface area (Å²) in [5, 5.41) is 9.51. The van der Waals surface area contributed by atoms with E-state index in [4.69, 9.17) is 9.47 Å². The maximum absolute atomic E-state index is 12.1. The molecule has 21 heavy (non-hydrogen) atoms. The predicted octanol–water partition coefficient (Wildman–Crippen LogP) is 3.21. The Bertz CT molecular complexity index is 331. The fourth-order valence-corrected chi connectivity index (χ4v) is 3.27. The third-order valence-electron chi connectivity index (χ3n) is 4.44. The Morgan fingerprint density at radius 1 is 0.905 bits per heavy atom. The predicted molar refractivity (Wildman–Crippen MR) is 80.9 cm³/mol. The van der Waals surface area contributed by atoms with Crippen LogP contribution >= 0.6 is 0 Å². The van der Waals surface area contributed by atoms with Gasteiger partial charge in [-0.15, -0.1) is 0 Å².